The molecule has 0 aliphatic heterocycles. The van der Waals surface area contributed by atoms with Gasteiger partial charge in [0.25, 0.3) is 0 Å². The van der Waals surface area contributed by atoms with Gasteiger partial charge in [-0.05, 0) is 33.6 Å². The lowest BCUT2D eigenvalue weighted by molar-refractivity contribution is 0.0682. The molecule has 6 heteroatoms. The third-order valence-electron chi connectivity index (χ3n) is 4.31. The molecule has 0 unspecified atom stereocenters. The minimum Gasteiger partial charge on any atom is -0.507 e. The summed E-state index contributed by atoms with van der Waals surface area (Å²) >= 11 is 0. The zero-order valence-electron chi connectivity index (χ0n) is 24.3. The van der Waals surface area contributed by atoms with Gasteiger partial charge in [0, 0.05) is 17.5 Å². The molecule has 0 spiro atoms. The van der Waals surface area contributed by atoms with Crippen molar-refractivity contribution in [1.82, 2.24) is 0 Å². The largest absolute Gasteiger partial charge is 0.507 e. The van der Waals surface area contributed by atoms with Crippen molar-refractivity contribution in [3.05, 3.63) is 82.7 Å². The Morgan fingerprint density at radius 2 is 1.10 bits per heavy atom. The van der Waals surface area contributed by atoms with Gasteiger partial charge in [-0.1, -0.05) is 48.3 Å². The average Bonchev–Trinajstić information content (AvgIpc) is 2.85. The van der Waals surface area contributed by atoms with Crippen LogP contribution in [0.2, 0.25) is 0 Å². The van der Waals surface area contributed by atoms with E-state index in [1.54, 1.807) is 0 Å². The fourth-order valence-corrected chi connectivity index (χ4v) is 3.00. The number of carbonyl (C=O) groups is 2. The van der Waals surface area contributed by atoms with Crippen molar-refractivity contribution in [3.8, 4) is 11.5 Å². The predicted octanol–water partition coefficient (Wildman–Crippen LogP) is 4.39. The Kier molecular flexibility index (Phi) is 2.34. The molecule has 0 saturated heterocycles. The fourth-order valence-electron chi connectivity index (χ4n) is 3.00. The van der Waals surface area contributed by atoms with Gasteiger partial charge >= 0.3 is 11.9 Å². The summed E-state index contributed by atoms with van der Waals surface area (Å²) in [5.41, 5.74) is -3.26. The number of fused-ring (bicyclic) bond motifs is 2. The molecule has 144 valence electrons. The van der Waals surface area contributed by atoms with Gasteiger partial charge in [0.15, 0.2) is 0 Å². The van der Waals surface area contributed by atoms with Crippen molar-refractivity contribution in [1.29, 1.82) is 0 Å². The molecule has 4 N–H and O–H groups in total. The summed E-state index contributed by atoms with van der Waals surface area (Å²) in [6.45, 7) is 0. The molecule has 0 saturated carbocycles. The molecule has 0 bridgehead atoms. The van der Waals surface area contributed by atoms with E-state index in [-0.39, 0.29) is 0 Å². The summed E-state index contributed by atoms with van der Waals surface area (Å²) in [6, 6.07) is -8.27. The molecule has 0 heterocycles. The van der Waals surface area contributed by atoms with Gasteiger partial charge in [0.05, 0.1) is 13.7 Å². The Labute approximate surface area is 178 Å². The molecule has 29 heavy (non-hydrogen) atoms. The molecule has 0 aliphatic rings. The van der Waals surface area contributed by atoms with Gasteiger partial charge < -0.3 is 20.4 Å². The monoisotopic (exact) mass is 398 g/mol. The fraction of sp³-hybridized carbons (Fsp3) is 0.0435. The van der Waals surface area contributed by atoms with Crippen LogP contribution in [0.3, 0.4) is 0 Å². The second-order valence-electron chi connectivity index (χ2n) is 5.94. The molecule has 4 aromatic rings. The number of benzene rings is 4. The highest BCUT2D eigenvalue weighted by Gasteiger charge is 2.22. The van der Waals surface area contributed by atoms with E-state index >= 15 is 0 Å². The van der Waals surface area contributed by atoms with Gasteiger partial charge in [0.2, 0.25) is 0 Å². The Balaban J connectivity index is 2.31. The van der Waals surface area contributed by atoms with Crippen LogP contribution in [0.4, 0.5) is 0 Å². The highest BCUT2D eigenvalue weighted by atomic mass is 16.4. The molecule has 0 fully saturated rings. The van der Waals surface area contributed by atoms with Crippen molar-refractivity contribution in [2.24, 2.45) is 0 Å². The Morgan fingerprint density at radius 1 is 0.724 bits per heavy atom. The summed E-state index contributed by atoms with van der Waals surface area (Å²) in [5, 5.41) is 39.1. The summed E-state index contributed by atoms with van der Waals surface area (Å²) < 4.78 is 81.6. The smallest absolute Gasteiger partial charge is 0.339 e. The van der Waals surface area contributed by atoms with Crippen molar-refractivity contribution in [2.45, 2.75) is 6.42 Å². The molecule has 0 aromatic heterocycles. The van der Waals surface area contributed by atoms with E-state index in [2.05, 4.69) is 0 Å². The number of aromatic carboxylic acids is 2. The number of phenols is 2. The number of carboxylic acid groups (broad SMARTS) is 2. The molecule has 0 aliphatic carbocycles. The standard InChI is InChI=1S/C23H16O6/c24-20-16(14-7-3-1-5-12(14)9-18(20)22(26)27)11-17-15-8-4-2-6-13(15)10-19(21(17)25)23(28)29/h1-10,24-25H,11H2,(H,26,27)(H,28,29)/i1D,2D,3D,4D,5D,6D,7D,8D,9D,10D. The van der Waals surface area contributed by atoms with Gasteiger partial charge in [-0.25, -0.2) is 9.59 Å². The van der Waals surface area contributed by atoms with Crippen LogP contribution in [0, 0.1) is 0 Å². The number of hydrogen-bond acceptors (Lipinski definition) is 4. The number of hydrogen-bond donors (Lipinski definition) is 4. The zero-order valence-corrected chi connectivity index (χ0v) is 14.3. The van der Waals surface area contributed by atoms with Gasteiger partial charge in [-0.2, -0.15) is 0 Å². The number of rotatable bonds is 4. The van der Waals surface area contributed by atoms with Crippen LogP contribution in [0.5, 0.6) is 11.5 Å². The predicted molar refractivity (Wildman–Crippen MR) is 108 cm³/mol. The Morgan fingerprint density at radius 3 is 1.48 bits per heavy atom. The quantitative estimate of drug-likeness (QED) is 0.405. The maximum Gasteiger partial charge on any atom is 0.339 e. The zero-order chi connectivity index (χ0) is 29.4. The van der Waals surface area contributed by atoms with E-state index in [9.17, 15) is 30.0 Å². The summed E-state index contributed by atoms with van der Waals surface area (Å²) in [6.07, 6.45) is -0.907. The van der Waals surface area contributed by atoms with E-state index in [1.807, 2.05) is 0 Å². The van der Waals surface area contributed by atoms with Gasteiger partial charge in [0.1, 0.15) is 22.6 Å². The van der Waals surface area contributed by atoms with Crippen LogP contribution in [0.25, 0.3) is 21.5 Å². The molecule has 0 radical (unpaired) electrons. The van der Waals surface area contributed by atoms with E-state index < -0.39 is 134 Å². The third-order valence-corrected chi connectivity index (χ3v) is 4.31. The average molecular weight is 398 g/mol. The highest BCUT2D eigenvalue weighted by Crippen LogP contribution is 2.38. The highest BCUT2D eigenvalue weighted by molar-refractivity contribution is 6.02. The third kappa shape index (κ3) is 3.00. The van der Waals surface area contributed by atoms with Crippen molar-refractivity contribution in [3.63, 3.8) is 0 Å². The lowest BCUT2D eigenvalue weighted by Crippen LogP contribution is -2.04. The Bertz CT molecular complexity index is 1690. The second-order valence-corrected chi connectivity index (χ2v) is 5.94. The Hall–Kier alpha value is -4.06. The number of carboxylic acids is 2. The molecule has 0 atom stereocenters. The molecule has 4 rings (SSSR count). The lowest BCUT2D eigenvalue weighted by Gasteiger charge is -2.16. The minimum absolute atomic E-state index is 0.520. The van der Waals surface area contributed by atoms with Crippen LogP contribution >= 0.6 is 0 Å². The molecule has 0 amide bonds. The normalized spacial score (nSPS) is 15.9. The first-order valence-corrected chi connectivity index (χ1v) is 8.01. The summed E-state index contributed by atoms with van der Waals surface area (Å²) in [5.74, 6) is -5.94. The lowest BCUT2D eigenvalue weighted by atomic mass is 9.90. The van der Waals surface area contributed by atoms with Crippen molar-refractivity contribution < 1.29 is 43.7 Å². The maximum absolute atomic E-state index is 12.0. The van der Waals surface area contributed by atoms with Crippen molar-refractivity contribution >= 4 is 33.5 Å². The van der Waals surface area contributed by atoms with Crippen LogP contribution in [0.15, 0.2) is 60.4 Å². The first-order valence-electron chi connectivity index (χ1n) is 13.0. The first-order chi connectivity index (χ1) is 18.1. The minimum atomic E-state index is -1.84. The van der Waals surface area contributed by atoms with Crippen LogP contribution in [0.1, 0.15) is 45.6 Å². The second kappa shape index (κ2) is 6.83. The summed E-state index contributed by atoms with van der Waals surface area (Å²) in [4.78, 5) is 23.9. The van der Waals surface area contributed by atoms with Crippen LogP contribution < -0.4 is 0 Å². The molecular formula is C23H16O6. The van der Waals surface area contributed by atoms with E-state index in [4.69, 9.17) is 13.7 Å². The van der Waals surface area contributed by atoms with Gasteiger partial charge in [-0.3, -0.25) is 0 Å². The van der Waals surface area contributed by atoms with E-state index in [0.29, 0.717) is 0 Å². The maximum atomic E-state index is 12.0. The first kappa shape index (κ1) is 9.93. The number of aromatic hydroxyl groups is 2. The summed E-state index contributed by atoms with van der Waals surface area (Å²) in [7, 11) is 0. The van der Waals surface area contributed by atoms with E-state index in [0.717, 1.165) is 0 Å². The topological polar surface area (TPSA) is 115 Å². The van der Waals surface area contributed by atoms with Gasteiger partial charge in [-0.15, -0.1) is 0 Å². The van der Waals surface area contributed by atoms with Crippen LogP contribution in [-0.2, 0) is 6.42 Å². The molecule has 6 nitrogen and oxygen atoms in total. The van der Waals surface area contributed by atoms with E-state index in [1.165, 1.54) is 0 Å². The van der Waals surface area contributed by atoms with Crippen LogP contribution in [-0.4, -0.2) is 32.4 Å². The molecule has 4 aromatic carbocycles. The van der Waals surface area contributed by atoms with Crippen molar-refractivity contribution in [2.75, 3.05) is 0 Å². The SMILES string of the molecule is [2H]c1c([2H])c([2H])c2c(Cc3c(O)c(C(=O)O)c([2H])c4c([2H])c([2H])c([2H])c([2H])c34)c(O)c(C(=O)O)c([2H])c2c1[2H]. The molecular weight excluding hydrogens is 372 g/mol.